The summed E-state index contributed by atoms with van der Waals surface area (Å²) >= 11 is 5.95. The Balaban J connectivity index is 2.11. The molecule has 0 spiro atoms. The van der Waals surface area contributed by atoms with Crippen LogP contribution in [0.3, 0.4) is 0 Å². The summed E-state index contributed by atoms with van der Waals surface area (Å²) in [5.41, 5.74) is 1.89. The number of rotatable bonds is 3. The number of carboxylic acids is 1. The molecule has 3 heterocycles. The van der Waals surface area contributed by atoms with Crippen molar-refractivity contribution in [2.24, 2.45) is 0 Å². The molecule has 0 saturated heterocycles. The number of halogens is 1. The Kier molecular flexibility index (Phi) is 3.37. The summed E-state index contributed by atoms with van der Waals surface area (Å²) in [6.45, 7) is 2.43. The van der Waals surface area contributed by atoms with Gasteiger partial charge in [-0.15, -0.1) is 0 Å². The van der Waals surface area contributed by atoms with Crippen molar-refractivity contribution in [2.45, 2.75) is 32.2 Å². The van der Waals surface area contributed by atoms with Crippen LogP contribution in [0, 0.1) is 6.92 Å². The predicted octanol–water partition coefficient (Wildman–Crippen LogP) is 3.24. The van der Waals surface area contributed by atoms with Crippen LogP contribution in [0.15, 0.2) is 22.8 Å². The molecule has 2 aromatic heterocycles. The lowest BCUT2D eigenvalue weighted by atomic mass is 9.96. The van der Waals surface area contributed by atoms with Gasteiger partial charge in [-0.25, -0.2) is 0 Å². The average Bonchev–Trinajstić information content (AvgIpc) is 2.99. The highest BCUT2D eigenvalue weighted by Gasteiger charge is 2.32. The van der Waals surface area contributed by atoms with Gasteiger partial charge in [0.1, 0.15) is 0 Å². The molecule has 1 aliphatic heterocycles. The number of carbonyl (C=O) groups is 2. The highest BCUT2D eigenvalue weighted by molar-refractivity contribution is 6.34. The number of ketones is 1. The summed E-state index contributed by atoms with van der Waals surface area (Å²) in [6.07, 6.45) is 2.68. The quantitative estimate of drug-likeness (QED) is 0.884. The number of hydrogen-bond donors (Lipinski definition) is 1. The largest absolute Gasteiger partial charge is 0.481 e. The zero-order valence-electron chi connectivity index (χ0n) is 11.4. The Morgan fingerprint density at radius 3 is 2.86 bits per heavy atom. The van der Waals surface area contributed by atoms with Gasteiger partial charge in [-0.05, 0) is 37.5 Å². The molecule has 0 aromatic carbocycles. The highest BCUT2D eigenvalue weighted by Crippen LogP contribution is 2.33. The molecule has 0 aliphatic carbocycles. The molecule has 3 rings (SSSR count). The van der Waals surface area contributed by atoms with Gasteiger partial charge < -0.3 is 14.1 Å². The Morgan fingerprint density at radius 2 is 2.24 bits per heavy atom. The third kappa shape index (κ3) is 2.17. The first-order valence-corrected chi connectivity index (χ1v) is 7.09. The van der Waals surface area contributed by atoms with Crippen molar-refractivity contribution >= 4 is 23.4 Å². The van der Waals surface area contributed by atoms with E-state index in [0.29, 0.717) is 24.4 Å². The van der Waals surface area contributed by atoms with E-state index in [1.165, 1.54) is 12.3 Å². The summed E-state index contributed by atoms with van der Waals surface area (Å²) in [5, 5.41) is 9.58. The van der Waals surface area contributed by atoms with Gasteiger partial charge in [0, 0.05) is 12.2 Å². The number of furan rings is 1. The lowest BCUT2D eigenvalue weighted by molar-refractivity contribution is -0.139. The average molecular weight is 308 g/mol. The van der Waals surface area contributed by atoms with Crippen LogP contribution in [0.25, 0.3) is 0 Å². The highest BCUT2D eigenvalue weighted by atomic mass is 35.5. The molecule has 0 radical (unpaired) electrons. The molecule has 0 saturated carbocycles. The number of carboxylic acid groups (broad SMARTS) is 1. The van der Waals surface area contributed by atoms with Crippen molar-refractivity contribution in [2.75, 3.05) is 0 Å². The number of hydrogen-bond acceptors (Lipinski definition) is 3. The molecule has 0 fully saturated rings. The third-order valence-electron chi connectivity index (χ3n) is 3.89. The van der Waals surface area contributed by atoms with Crippen LogP contribution in [0.2, 0.25) is 5.02 Å². The Morgan fingerprint density at radius 1 is 1.48 bits per heavy atom. The zero-order valence-corrected chi connectivity index (χ0v) is 12.2. The molecule has 0 bridgehead atoms. The van der Waals surface area contributed by atoms with Gasteiger partial charge in [-0.3, -0.25) is 9.59 Å². The number of aromatic nitrogens is 1. The Labute approximate surface area is 126 Å². The minimum Gasteiger partial charge on any atom is -0.481 e. The number of fused-ring (bicyclic) bond motifs is 1. The van der Waals surface area contributed by atoms with Gasteiger partial charge in [0.05, 0.1) is 22.9 Å². The Hall–Kier alpha value is -2.01. The fourth-order valence-electron chi connectivity index (χ4n) is 2.96. The van der Waals surface area contributed by atoms with Crippen molar-refractivity contribution in [3.05, 3.63) is 46.1 Å². The second kappa shape index (κ2) is 5.07. The molecule has 1 N–H and O–H groups in total. The molecule has 5 nitrogen and oxygen atoms in total. The molecule has 6 heteroatoms. The van der Waals surface area contributed by atoms with Gasteiger partial charge in [0.2, 0.25) is 5.78 Å². The molecule has 1 aliphatic rings. The van der Waals surface area contributed by atoms with E-state index in [-0.39, 0.29) is 16.6 Å². The number of aryl methyl sites for hydroxylation is 1. The van der Waals surface area contributed by atoms with Crippen LogP contribution in [0.1, 0.15) is 46.3 Å². The summed E-state index contributed by atoms with van der Waals surface area (Å²) in [6, 6.07) is 3.30. The van der Waals surface area contributed by atoms with Crippen LogP contribution in [-0.4, -0.2) is 21.4 Å². The minimum absolute atomic E-state index is 0.0955. The van der Waals surface area contributed by atoms with E-state index >= 15 is 0 Å². The van der Waals surface area contributed by atoms with Crippen LogP contribution in [0.5, 0.6) is 0 Å². The molecule has 21 heavy (non-hydrogen) atoms. The van der Waals surface area contributed by atoms with E-state index in [1.54, 1.807) is 17.6 Å². The summed E-state index contributed by atoms with van der Waals surface area (Å²) in [7, 11) is 0. The molecule has 110 valence electrons. The lowest BCUT2D eigenvalue weighted by Gasteiger charge is -2.23. The number of carbonyl (C=O) groups excluding carboxylic acids is 1. The van der Waals surface area contributed by atoms with E-state index in [9.17, 15) is 14.7 Å². The zero-order chi connectivity index (χ0) is 15.1. The number of aliphatic carboxylic acids is 1. The van der Waals surface area contributed by atoms with Crippen molar-refractivity contribution in [1.29, 1.82) is 0 Å². The number of nitrogens with zero attached hydrogens (tertiary/aromatic N) is 1. The fourth-order valence-corrected chi connectivity index (χ4v) is 3.14. The summed E-state index contributed by atoms with van der Waals surface area (Å²) in [4.78, 5) is 24.0. The first-order chi connectivity index (χ1) is 10.0. The van der Waals surface area contributed by atoms with Crippen LogP contribution >= 0.6 is 11.6 Å². The SMILES string of the molecule is Cc1cc2n(c1C(=O)c1occc1Cl)CCCC2C(=O)O. The third-order valence-corrected chi connectivity index (χ3v) is 4.19. The van der Waals surface area contributed by atoms with E-state index < -0.39 is 11.9 Å². The van der Waals surface area contributed by atoms with E-state index in [1.807, 2.05) is 0 Å². The monoisotopic (exact) mass is 307 g/mol. The molecule has 1 unspecified atom stereocenters. The van der Waals surface area contributed by atoms with Crippen molar-refractivity contribution in [1.82, 2.24) is 4.57 Å². The first kappa shape index (κ1) is 13.9. The Bertz CT molecular complexity index is 728. The van der Waals surface area contributed by atoms with E-state index in [4.69, 9.17) is 16.0 Å². The maximum Gasteiger partial charge on any atom is 0.312 e. The van der Waals surface area contributed by atoms with Gasteiger partial charge in [0.15, 0.2) is 5.76 Å². The minimum atomic E-state index is -0.858. The second-order valence-corrected chi connectivity index (χ2v) is 5.62. The van der Waals surface area contributed by atoms with Crippen LogP contribution in [0.4, 0.5) is 0 Å². The molecule has 0 amide bonds. The maximum absolute atomic E-state index is 12.6. The smallest absolute Gasteiger partial charge is 0.312 e. The van der Waals surface area contributed by atoms with Gasteiger partial charge >= 0.3 is 5.97 Å². The summed E-state index contributed by atoms with van der Waals surface area (Å²) < 4.78 is 6.95. The van der Waals surface area contributed by atoms with Crippen LogP contribution < -0.4 is 0 Å². The van der Waals surface area contributed by atoms with Gasteiger partial charge in [-0.1, -0.05) is 11.6 Å². The van der Waals surface area contributed by atoms with Crippen LogP contribution in [-0.2, 0) is 11.3 Å². The maximum atomic E-state index is 12.6. The molecule has 1 atom stereocenters. The topological polar surface area (TPSA) is 72.4 Å². The van der Waals surface area contributed by atoms with Crippen molar-refractivity contribution in [3.8, 4) is 0 Å². The first-order valence-electron chi connectivity index (χ1n) is 6.71. The standard InChI is InChI=1S/C15H14ClNO4/c1-8-7-11-9(15(19)20)3-2-5-17(11)12(8)13(18)14-10(16)4-6-21-14/h4,6-7,9H,2-3,5H2,1H3,(H,19,20). The normalized spacial score (nSPS) is 17.5. The summed E-state index contributed by atoms with van der Waals surface area (Å²) in [5.74, 6) is -1.63. The fraction of sp³-hybridized carbons (Fsp3) is 0.333. The van der Waals surface area contributed by atoms with Crippen molar-refractivity contribution in [3.63, 3.8) is 0 Å². The lowest BCUT2D eigenvalue weighted by Crippen LogP contribution is -2.24. The molecule has 2 aromatic rings. The van der Waals surface area contributed by atoms with E-state index in [2.05, 4.69) is 0 Å². The second-order valence-electron chi connectivity index (χ2n) is 5.21. The van der Waals surface area contributed by atoms with Crippen molar-refractivity contribution < 1.29 is 19.1 Å². The van der Waals surface area contributed by atoms with Gasteiger partial charge in [-0.2, -0.15) is 0 Å². The molecular weight excluding hydrogens is 294 g/mol. The predicted molar refractivity (Wildman–Crippen MR) is 75.9 cm³/mol. The van der Waals surface area contributed by atoms with E-state index in [0.717, 1.165) is 12.0 Å². The molecular formula is C15H14ClNO4. The van der Waals surface area contributed by atoms with Gasteiger partial charge in [0.25, 0.3) is 0 Å².